The molecule has 20 heavy (non-hydrogen) atoms. The molecule has 7 heteroatoms. The van der Waals surface area contributed by atoms with Crippen LogP contribution in [0.4, 0.5) is 0 Å². The molecule has 1 N–H and O–H groups in total. The van der Waals surface area contributed by atoms with Crippen LogP contribution < -0.4 is 5.32 Å². The maximum Gasteiger partial charge on any atom is 0.243 e. The zero-order valence-electron chi connectivity index (χ0n) is 11.2. The molecule has 0 bridgehead atoms. The van der Waals surface area contributed by atoms with E-state index in [4.69, 9.17) is 0 Å². The number of likely N-dealkylation sites (N-methyl/N-ethyl adjacent to an activating group) is 1. The average Bonchev–Trinajstić information content (AvgIpc) is 2.94. The van der Waals surface area contributed by atoms with E-state index in [0.717, 1.165) is 23.1 Å². The number of hydrogen-bond acceptors (Lipinski definition) is 5. The van der Waals surface area contributed by atoms with Crippen molar-refractivity contribution in [2.45, 2.75) is 23.8 Å². The van der Waals surface area contributed by atoms with Crippen molar-refractivity contribution in [3.63, 3.8) is 0 Å². The van der Waals surface area contributed by atoms with Gasteiger partial charge in [0, 0.05) is 19.1 Å². The Bertz CT molecular complexity index is 711. The van der Waals surface area contributed by atoms with E-state index in [-0.39, 0.29) is 6.04 Å². The lowest BCUT2D eigenvalue weighted by Crippen LogP contribution is -2.46. The first kappa shape index (κ1) is 13.9. The first-order chi connectivity index (χ1) is 9.61. The highest BCUT2D eigenvalue weighted by Crippen LogP contribution is 2.25. The fourth-order valence-corrected chi connectivity index (χ4v) is 4.88. The second-order valence-corrected chi connectivity index (χ2v) is 7.80. The second-order valence-electron chi connectivity index (χ2n) is 4.97. The summed E-state index contributed by atoms with van der Waals surface area (Å²) in [5, 5.41) is 3.17. The molecule has 0 radical (unpaired) electrons. The monoisotopic (exact) mass is 311 g/mol. The quantitative estimate of drug-likeness (QED) is 0.936. The van der Waals surface area contributed by atoms with Gasteiger partial charge in [-0.05, 0) is 38.1 Å². The molecule has 1 aromatic heterocycles. The van der Waals surface area contributed by atoms with E-state index in [0.29, 0.717) is 18.0 Å². The molecule has 2 heterocycles. The van der Waals surface area contributed by atoms with Crippen molar-refractivity contribution < 1.29 is 8.42 Å². The summed E-state index contributed by atoms with van der Waals surface area (Å²) in [6.45, 7) is 1.14. The Morgan fingerprint density at radius 3 is 3.10 bits per heavy atom. The van der Waals surface area contributed by atoms with Crippen LogP contribution in [-0.4, -0.2) is 43.9 Å². The third-order valence-corrected chi connectivity index (χ3v) is 6.39. The summed E-state index contributed by atoms with van der Waals surface area (Å²) in [5.41, 5.74) is 2.58. The smallest absolute Gasteiger partial charge is 0.243 e. The van der Waals surface area contributed by atoms with Gasteiger partial charge >= 0.3 is 0 Å². The largest absolute Gasteiger partial charge is 0.316 e. The molecule has 5 nitrogen and oxygen atoms in total. The lowest BCUT2D eigenvalue weighted by Gasteiger charge is -2.31. The highest BCUT2D eigenvalue weighted by Gasteiger charge is 2.29. The first-order valence-electron chi connectivity index (χ1n) is 6.62. The third-order valence-electron chi connectivity index (χ3n) is 3.73. The number of benzene rings is 1. The highest BCUT2D eigenvalue weighted by molar-refractivity contribution is 7.89. The Labute approximate surface area is 122 Å². The summed E-state index contributed by atoms with van der Waals surface area (Å²) < 4.78 is 27.9. The van der Waals surface area contributed by atoms with Gasteiger partial charge in [0.25, 0.3) is 0 Å². The predicted octanol–water partition coefficient (Wildman–Crippen LogP) is 1.67. The van der Waals surface area contributed by atoms with Gasteiger partial charge in [-0.2, -0.15) is 4.31 Å². The van der Waals surface area contributed by atoms with Crippen molar-refractivity contribution >= 4 is 31.6 Å². The minimum absolute atomic E-state index is 0.241. The van der Waals surface area contributed by atoms with E-state index in [2.05, 4.69) is 10.3 Å². The zero-order chi connectivity index (χ0) is 14.2. The summed E-state index contributed by atoms with van der Waals surface area (Å²) in [5.74, 6) is 0. The fraction of sp³-hybridized carbons (Fsp3) is 0.462. The van der Waals surface area contributed by atoms with Crippen molar-refractivity contribution in [1.29, 1.82) is 0 Å². The van der Waals surface area contributed by atoms with Gasteiger partial charge in [0.2, 0.25) is 10.0 Å². The van der Waals surface area contributed by atoms with Gasteiger partial charge in [-0.15, -0.1) is 11.3 Å². The van der Waals surface area contributed by atoms with Gasteiger partial charge in [0.05, 0.1) is 20.6 Å². The SMILES string of the molecule is CNC1CCCN(S(=O)(=O)c2ccc3ncsc3c2)C1. The van der Waals surface area contributed by atoms with Crippen LogP contribution in [0, 0.1) is 0 Å². The van der Waals surface area contributed by atoms with Gasteiger partial charge in [0.15, 0.2) is 0 Å². The van der Waals surface area contributed by atoms with Crippen LogP contribution in [-0.2, 0) is 10.0 Å². The molecule has 1 aromatic carbocycles. The second kappa shape index (κ2) is 5.40. The summed E-state index contributed by atoms with van der Waals surface area (Å²) >= 11 is 1.46. The molecule has 1 unspecified atom stereocenters. The number of nitrogens with one attached hydrogen (secondary N) is 1. The number of nitrogens with zero attached hydrogens (tertiary/aromatic N) is 2. The van der Waals surface area contributed by atoms with Gasteiger partial charge in [-0.25, -0.2) is 13.4 Å². The van der Waals surface area contributed by atoms with Crippen molar-refractivity contribution in [1.82, 2.24) is 14.6 Å². The number of thiazole rings is 1. The van der Waals surface area contributed by atoms with Crippen LogP contribution in [0.2, 0.25) is 0 Å². The topological polar surface area (TPSA) is 62.3 Å². The normalized spacial score (nSPS) is 21.4. The van der Waals surface area contributed by atoms with E-state index in [1.165, 1.54) is 11.3 Å². The maximum absolute atomic E-state index is 12.7. The van der Waals surface area contributed by atoms with Crippen molar-refractivity contribution in [2.75, 3.05) is 20.1 Å². The number of aromatic nitrogens is 1. The molecule has 1 aliphatic heterocycles. The van der Waals surface area contributed by atoms with Crippen LogP contribution in [0.15, 0.2) is 28.6 Å². The van der Waals surface area contributed by atoms with Crippen LogP contribution in [0.3, 0.4) is 0 Å². The average molecular weight is 311 g/mol. The van der Waals surface area contributed by atoms with E-state index in [1.807, 2.05) is 7.05 Å². The van der Waals surface area contributed by atoms with Gasteiger partial charge in [-0.3, -0.25) is 0 Å². The Morgan fingerprint density at radius 2 is 2.30 bits per heavy atom. The van der Waals surface area contributed by atoms with Crippen molar-refractivity contribution in [3.8, 4) is 0 Å². The molecule has 108 valence electrons. The van der Waals surface area contributed by atoms with E-state index < -0.39 is 10.0 Å². The molecule has 1 atom stereocenters. The number of rotatable bonds is 3. The molecular weight excluding hydrogens is 294 g/mol. The Hall–Kier alpha value is -1.02. The van der Waals surface area contributed by atoms with E-state index >= 15 is 0 Å². The van der Waals surface area contributed by atoms with Crippen LogP contribution in [0.25, 0.3) is 10.2 Å². The Morgan fingerprint density at radius 1 is 1.45 bits per heavy atom. The number of piperidine rings is 1. The molecular formula is C13H17N3O2S2. The van der Waals surface area contributed by atoms with Gasteiger partial charge < -0.3 is 5.32 Å². The van der Waals surface area contributed by atoms with Crippen molar-refractivity contribution in [2.24, 2.45) is 0 Å². The summed E-state index contributed by atoms with van der Waals surface area (Å²) in [4.78, 5) is 4.55. The molecule has 1 saturated heterocycles. The molecule has 3 rings (SSSR count). The number of sulfonamides is 1. The van der Waals surface area contributed by atoms with Crippen LogP contribution >= 0.6 is 11.3 Å². The lowest BCUT2D eigenvalue weighted by molar-refractivity contribution is 0.293. The summed E-state index contributed by atoms with van der Waals surface area (Å²) in [6.07, 6.45) is 1.92. The van der Waals surface area contributed by atoms with Crippen molar-refractivity contribution in [3.05, 3.63) is 23.7 Å². The van der Waals surface area contributed by atoms with E-state index in [1.54, 1.807) is 28.0 Å². The number of hydrogen-bond donors (Lipinski definition) is 1. The van der Waals surface area contributed by atoms with Gasteiger partial charge in [-0.1, -0.05) is 0 Å². The molecule has 0 spiro atoms. The molecule has 0 amide bonds. The third kappa shape index (κ3) is 2.46. The highest BCUT2D eigenvalue weighted by atomic mass is 32.2. The van der Waals surface area contributed by atoms with Crippen LogP contribution in [0.1, 0.15) is 12.8 Å². The lowest BCUT2D eigenvalue weighted by atomic mass is 10.1. The fourth-order valence-electron chi connectivity index (χ4n) is 2.54. The standard InChI is InChI=1S/C13H17N3O2S2/c1-14-10-3-2-6-16(8-10)20(17,18)11-4-5-12-13(7-11)19-9-15-12/h4-5,7,9-10,14H,2-3,6,8H2,1H3. The Kier molecular flexibility index (Phi) is 3.76. The predicted molar refractivity (Wildman–Crippen MR) is 80.5 cm³/mol. The minimum Gasteiger partial charge on any atom is -0.316 e. The Balaban J connectivity index is 1.94. The van der Waals surface area contributed by atoms with Crippen LogP contribution in [0.5, 0.6) is 0 Å². The maximum atomic E-state index is 12.7. The summed E-state index contributed by atoms with van der Waals surface area (Å²) in [6, 6.07) is 5.40. The molecule has 0 aliphatic carbocycles. The van der Waals surface area contributed by atoms with Gasteiger partial charge in [0.1, 0.15) is 0 Å². The summed E-state index contributed by atoms with van der Waals surface area (Å²) in [7, 11) is -1.52. The minimum atomic E-state index is -3.40. The molecule has 1 aliphatic rings. The molecule has 1 fully saturated rings. The first-order valence-corrected chi connectivity index (χ1v) is 8.94. The molecule has 0 saturated carbocycles. The van der Waals surface area contributed by atoms with E-state index in [9.17, 15) is 8.42 Å². The molecule has 2 aromatic rings. The zero-order valence-corrected chi connectivity index (χ0v) is 12.9. The number of fused-ring (bicyclic) bond motifs is 1.